The molecule has 2 rings (SSSR count). The Hall–Kier alpha value is -0.940. The van der Waals surface area contributed by atoms with Gasteiger partial charge in [-0.2, -0.15) is 0 Å². The molecular weight excluding hydrogens is 265 g/mol. The van der Waals surface area contributed by atoms with Crippen LogP contribution in [-0.4, -0.2) is 32.5 Å². The van der Waals surface area contributed by atoms with Crippen molar-refractivity contribution < 1.29 is 12.8 Å². The van der Waals surface area contributed by atoms with E-state index in [9.17, 15) is 12.8 Å². The predicted molar refractivity (Wildman–Crippen MR) is 74.5 cm³/mol. The molecule has 5 heteroatoms. The fraction of sp³-hybridized carbons (Fsp3) is 0.571. The van der Waals surface area contributed by atoms with Crippen molar-refractivity contribution in [2.45, 2.75) is 30.9 Å². The fourth-order valence-corrected chi connectivity index (χ4v) is 3.54. The number of halogens is 1. The summed E-state index contributed by atoms with van der Waals surface area (Å²) in [5, 5.41) is 2.76. The molecule has 0 saturated carbocycles. The first-order chi connectivity index (χ1) is 8.87. The van der Waals surface area contributed by atoms with E-state index in [1.54, 1.807) is 32.0 Å². The number of hydrogen-bond acceptors (Lipinski definition) is 3. The van der Waals surface area contributed by atoms with Gasteiger partial charge in [-0.05, 0) is 31.9 Å². The minimum atomic E-state index is -3.08. The third-order valence-electron chi connectivity index (χ3n) is 3.96. The molecular formula is C14H20FNO2S. The van der Waals surface area contributed by atoms with Crippen LogP contribution in [0.25, 0.3) is 0 Å². The second-order valence-corrected chi connectivity index (χ2v) is 8.21. The van der Waals surface area contributed by atoms with E-state index in [0.29, 0.717) is 25.1 Å². The average molecular weight is 285 g/mol. The quantitative estimate of drug-likeness (QED) is 0.898. The summed E-state index contributed by atoms with van der Waals surface area (Å²) in [6, 6.07) is 6.66. The highest BCUT2D eigenvalue weighted by molar-refractivity contribution is 7.91. The third-order valence-corrected chi connectivity index (χ3v) is 6.16. The summed E-state index contributed by atoms with van der Waals surface area (Å²) in [6.45, 7) is 4.65. The zero-order chi connectivity index (χ0) is 14.1. The molecule has 0 atom stereocenters. The Morgan fingerprint density at radius 3 is 2.42 bits per heavy atom. The molecule has 19 heavy (non-hydrogen) atoms. The molecule has 1 aromatic carbocycles. The van der Waals surface area contributed by atoms with Gasteiger partial charge in [-0.15, -0.1) is 0 Å². The van der Waals surface area contributed by atoms with Crippen molar-refractivity contribution in [2.75, 3.05) is 18.8 Å². The molecule has 0 unspecified atom stereocenters. The van der Waals surface area contributed by atoms with E-state index in [4.69, 9.17) is 0 Å². The highest BCUT2D eigenvalue weighted by Gasteiger charge is 2.41. The predicted octanol–water partition coefficient (Wildman–Crippen LogP) is 1.88. The lowest BCUT2D eigenvalue weighted by molar-refractivity contribution is 0.259. The number of hydrogen-bond donors (Lipinski definition) is 1. The van der Waals surface area contributed by atoms with Gasteiger partial charge in [0.25, 0.3) is 0 Å². The molecule has 1 aromatic rings. The summed E-state index contributed by atoms with van der Waals surface area (Å²) < 4.78 is 37.7. The van der Waals surface area contributed by atoms with Crippen molar-refractivity contribution in [1.82, 2.24) is 5.32 Å². The maximum Gasteiger partial charge on any atom is 0.152 e. The summed E-state index contributed by atoms with van der Waals surface area (Å²) >= 11 is 0. The van der Waals surface area contributed by atoms with E-state index in [1.165, 1.54) is 6.07 Å². The van der Waals surface area contributed by atoms with Crippen LogP contribution in [0.4, 0.5) is 4.39 Å². The van der Waals surface area contributed by atoms with Gasteiger partial charge in [0, 0.05) is 18.5 Å². The zero-order valence-corrected chi connectivity index (χ0v) is 12.1. The Bertz CT molecular complexity index is 550. The lowest BCUT2D eigenvalue weighted by Gasteiger charge is -2.43. The van der Waals surface area contributed by atoms with E-state index in [2.05, 4.69) is 5.32 Å². The molecule has 1 aliphatic heterocycles. The number of rotatable bonds is 5. The van der Waals surface area contributed by atoms with Crippen LogP contribution < -0.4 is 5.32 Å². The van der Waals surface area contributed by atoms with Gasteiger partial charge in [0.05, 0.1) is 11.0 Å². The minimum Gasteiger partial charge on any atom is -0.315 e. The van der Waals surface area contributed by atoms with Gasteiger partial charge in [-0.25, -0.2) is 12.8 Å². The summed E-state index contributed by atoms with van der Waals surface area (Å²) in [5.74, 6) is -0.133. The normalized spacial score (nSPS) is 18.3. The van der Waals surface area contributed by atoms with E-state index in [0.717, 1.165) is 0 Å². The van der Waals surface area contributed by atoms with Crippen LogP contribution in [0.15, 0.2) is 24.3 Å². The SMILES string of the molecule is CC(C)S(=O)(=O)CCC1(c2ccccc2F)CNC1. The van der Waals surface area contributed by atoms with Gasteiger partial charge in [0.2, 0.25) is 0 Å². The van der Waals surface area contributed by atoms with Crippen molar-refractivity contribution in [3.05, 3.63) is 35.6 Å². The van der Waals surface area contributed by atoms with Gasteiger partial charge in [-0.1, -0.05) is 18.2 Å². The maximum atomic E-state index is 13.9. The third kappa shape index (κ3) is 2.82. The van der Waals surface area contributed by atoms with Crippen LogP contribution >= 0.6 is 0 Å². The first-order valence-corrected chi connectivity index (χ1v) is 8.26. The zero-order valence-electron chi connectivity index (χ0n) is 11.3. The fourth-order valence-electron chi connectivity index (χ4n) is 2.39. The molecule has 1 saturated heterocycles. The summed E-state index contributed by atoms with van der Waals surface area (Å²) in [7, 11) is -3.08. The van der Waals surface area contributed by atoms with Gasteiger partial charge in [0.1, 0.15) is 5.82 Å². The number of nitrogens with one attached hydrogen (secondary N) is 1. The second-order valence-electron chi connectivity index (χ2n) is 5.53. The first-order valence-electron chi connectivity index (χ1n) is 6.55. The van der Waals surface area contributed by atoms with Crippen molar-refractivity contribution in [3.63, 3.8) is 0 Å². The van der Waals surface area contributed by atoms with Gasteiger partial charge in [-0.3, -0.25) is 0 Å². The van der Waals surface area contributed by atoms with Crippen molar-refractivity contribution >= 4 is 9.84 Å². The second kappa shape index (κ2) is 5.21. The Morgan fingerprint density at radius 2 is 1.95 bits per heavy atom. The Kier molecular flexibility index (Phi) is 3.97. The summed E-state index contributed by atoms with van der Waals surface area (Å²) in [4.78, 5) is 0. The lowest BCUT2D eigenvalue weighted by Crippen LogP contribution is -2.58. The molecule has 1 aliphatic rings. The minimum absolute atomic E-state index is 0.112. The number of benzene rings is 1. The molecule has 0 bridgehead atoms. The first kappa shape index (κ1) is 14.5. The molecule has 3 nitrogen and oxygen atoms in total. The summed E-state index contributed by atoms with van der Waals surface area (Å²) in [5.41, 5.74) is 0.264. The Balaban J connectivity index is 2.19. The van der Waals surface area contributed by atoms with Crippen molar-refractivity contribution in [2.24, 2.45) is 0 Å². The maximum absolute atomic E-state index is 13.9. The van der Waals surface area contributed by atoms with E-state index >= 15 is 0 Å². The van der Waals surface area contributed by atoms with Crippen LogP contribution in [0.5, 0.6) is 0 Å². The Morgan fingerprint density at radius 1 is 1.32 bits per heavy atom. The number of sulfone groups is 1. The van der Waals surface area contributed by atoms with Crippen LogP contribution in [0, 0.1) is 5.82 Å². The molecule has 0 spiro atoms. The van der Waals surface area contributed by atoms with Crippen LogP contribution in [0.2, 0.25) is 0 Å². The smallest absolute Gasteiger partial charge is 0.152 e. The molecule has 0 radical (unpaired) electrons. The molecule has 1 N–H and O–H groups in total. The van der Waals surface area contributed by atoms with E-state index in [1.807, 2.05) is 0 Å². The van der Waals surface area contributed by atoms with Crippen LogP contribution in [-0.2, 0) is 15.3 Å². The largest absolute Gasteiger partial charge is 0.315 e. The van der Waals surface area contributed by atoms with Gasteiger partial charge >= 0.3 is 0 Å². The van der Waals surface area contributed by atoms with E-state index in [-0.39, 0.29) is 22.2 Å². The highest BCUT2D eigenvalue weighted by atomic mass is 32.2. The summed E-state index contributed by atoms with van der Waals surface area (Å²) in [6.07, 6.45) is 0.474. The van der Waals surface area contributed by atoms with E-state index < -0.39 is 9.84 Å². The van der Waals surface area contributed by atoms with Gasteiger partial charge < -0.3 is 5.32 Å². The van der Waals surface area contributed by atoms with Crippen LogP contribution in [0.1, 0.15) is 25.8 Å². The average Bonchev–Trinajstić information content (AvgIpc) is 2.29. The molecule has 0 aromatic heterocycles. The topological polar surface area (TPSA) is 46.2 Å². The lowest BCUT2D eigenvalue weighted by atomic mass is 9.73. The van der Waals surface area contributed by atoms with Gasteiger partial charge in [0.15, 0.2) is 9.84 Å². The molecule has 1 heterocycles. The monoisotopic (exact) mass is 285 g/mol. The molecule has 0 aliphatic carbocycles. The highest BCUT2D eigenvalue weighted by Crippen LogP contribution is 2.34. The molecule has 1 fully saturated rings. The van der Waals surface area contributed by atoms with Crippen LogP contribution in [0.3, 0.4) is 0 Å². The molecule has 106 valence electrons. The molecule has 0 amide bonds. The van der Waals surface area contributed by atoms with Crippen molar-refractivity contribution in [3.8, 4) is 0 Å². The van der Waals surface area contributed by atoms with Crippen molar-refractivity contribution in [1.29, 1.82) is 0 Å². The Labute approximate surface area is 114 Å². The standard InChI is InChI=1S/C14H20FNO2S/c1-11(2)19(17,18)8-7-14(9-16-10-14)12-5-3-4-6-13(12)15/h3-6,11,16H,7-10H2,1-2H3.